The third-order valence-corrected chi connectivity index (χ3v) is 3.79. The number of carbonyl (C=O) groups excluding carboxylic acids is 2. The fourth-order valence-electron chi connectivity index (χ4n) is 2.54. The standard InChI is InChI=1S/C17H23NO3/c1-12(19)13-6-8-14(9-7-13)17(10-5-11-17)18-15(20)21-16(2,3)4/h6-9H,5,10-11H2,1-4H3,(H,18,20). The minimum Gasteiger partial charge on any atom is -0.444 e. The summed E-state index contributed by atoms with van der Waals surface area (Å²) in [7, 11) is 0. The summed E-state index contributed by atoms with van der Waals surface area (Å²) in [5.74, 6) is 0.0457. The van der Waals surface area contributed by atoms with Crippen LogP contribution in [0.1, 0.15) is 62.9 Å². The molecule has 0 aromatic heterocycles. The van der Waals surface area contributed by atoms with Crippen LogP contribution >= 0.6 is 0 Å². The Hall–Kier alpha value is -1.84. The van der Waals surface area contributed by atoms with Crippen molar-refractivity contribution in [3.63, 3.8) is 0 Å². The van der Waals surface area contributed by atoms with Crippen LogP contribution in [-0.4, -0.2) is 17.5 Å². The van der Waals surface area contributed by atoms with Crippen molar-refractivity contribution in [2.75, 3.05) is 0 Å². The molecule has 0 atom stereocenters. The average Bonchev–Trinajstić information content (AvgIpc) is 2.32. The summed E-state index contributed by atoms with van der Waals surface area (Å²) in [5.41, 5.74) is 0.862. The van der Waals surface area contributed by atoms with Gasteiger partial charge < -0.3 is 10.1 Å². The molecule has 1 amide bonds. The van der Waals surface area contributed by atoms with Gasteiger partial charge in [0.05, 0.1) is 5.54 Å². The van der Waals surface area contributed by atoms with Crippen molar-refractivity contribution in [3.8, 4) is 0 Å². The first-order valence-electron chi connectivity index (χ1n) is 7.34. The summed E-state index contributed by atoms with van der Waals surface area (Å²) in [6.45, 7) is 7.10. The van der Waals surface area contributed by atoms with E-state index in [2.05, 4.69) is 5.32 Å². The highest BCUT2D eigenvalue weighted by molar-refractivity contribution is 5.94. The molecule has 0 bridgehead atoms. The van der Waals surface area contributed by atoms with Crippen LogP contribution in [0.5, 0.6) is 0 Å². The van der Waals surface area contributed by atoms with Gasteiger partial charge in [0.1, 0.15) is 5.60 Å². The van der Waals surface area contributed by atoms with E-state index in [0.717, 1.165) is 24.8 Å². The summed E-state index contributed by atoms with van der Waals surface area (Å²) in [6.07, 6.45) is 2.47. The maximum absolute atomic E-state index is 12.0. The van der Waals surface area contributed by atoms with Crippen LogP contribution in [0.4, 0.5) is 4.79 Å². The third kappa shape index (κ3) is 3.63. The van der Waals surface area contributed by atoms with E-state index in [-0.39, 0.29) is 11.3 Å². The minimum absolute atomic E-state index is 0.0457. The van der Waals surface area contributed by atoms with Crippen LogP contribution in [0.25, 0.3) is 0 Å². The first-order valence-corrected chi connectivity index (χ1v) is 7.34. The fraction of sp³-hybridized carbons (Fsp3) is 0.529. The second-order valence-corrected chi connectivity index (χ2v) is 6.70. The van der Waals surface area contributed by atoms with Gasteiger partial charge in [0, 0.05) is 5.56 Å². The Morgan fingerprint density at radius 2 is 1.71 bits per heavy atom. The Bertz CT molecular complexity index is 536. The first-order chi connectivity index (χ1) is 9.72. The van der Waals surface area contributed by atoms with Crippen molar-refractivity contribution >= 4 is 11.9 Å². The molecule has 1 saturated carbocycles. The number of Topliss-reactive ketones (excluding diaryl/α,β-unsaturated/α-hetero) is 1. The molecule has 1 fully saturated rings. The summed E-state index contributed by atoms with van der Waals surface area (Å²) in [4.78, 5) is 23.4. The first kappa shape index (κ1) is 15.5. The van der Waals surface area contributed by atoms with E-state index < -0.39 is 11.7 Å². The molecule has 114 valence electrons. The number of benzene rings is 1. The predicted octanol–water partition coefficient (Wildman–Crippen LogP) is 3.79. The van der Waals surface area contributed by atoms with Crippen LogP contribution < -0.4 is 5.32 Å². The minimum atomic E-state index is -0.506. The molecule has 0 aliphatic heterocycles. The largest absolute Gasteiger partial charge is 0.444 e. The number of ether oxygens (including phenoxy) is 1. The molecule has 21 heavy (non-hydrogen) atoms. The maximum atomic E-state index is 12.0. The Labute approximate surface area is 125 Å². The zero-order valence-electron chi connectivity index (χ0n) is 13.2. The van der Waals surface area contributed by atoms with Gasteiger partial charge in [-0.25, -0.2) is 4.79 Å². The van der Waals surface area contributed by atoms with E-state index in [9.17, 15) is 9.59 Å². The molecule has 1 aliphatic rings. The van der Waals surface area contributed by atoms with E-state index in [4.69, 9.17) is 4.74 Å². The lowest BCUT2D eigenvalue weighted by Crippen LogP contribution is -2.52. The fourth-order valence-corrected chi connectivity index (χ4v) is 2.54. The molecule has 0 saturated heterocycles. The maximum Gasteiger partial charge on any atom is 0.408 e. The van der Waals surface area contributed by atoms with Crippen molar-refractivity contribution in [1.29, 1.82) is 0 Å². The molecule has 1 N–H and O–H groups in total. The van der Waals surface area contributed by atoms with Gasteiger partial charge in [-0.1, -0.05) is 24.3 Å². The zero-order chi connectivity index (χ0) is 15.7. The summed E-state index contributed by atoms with van der Waals surface area (Å²) in [6, 6.07) is 7.48. The Kier molecular flexibility index (Phi) is 4.08. The number of hydrogen-bond acceptors (Lipinski definition) is 3. The van der Waals surface area contributed by atoms with Crippen molar-refractivity contribution < 1.29 is 14.3 Å². The number of amides is 1. The van der Waals surface area contributed by atoms with Gasteiger partial charge in [-0.05, 0) is 52.5 Å². The van der Waals surface area contributed by atoms with Gasteiger partial charge in [-0.15, -0.1) is 0 Å². The summed E-state index contributed by atoms with van der Waals surface area (Å²) >= 11 is 0. The molecular formula is C17H23NO3. The normalized spacial score (nSPS) is 16.8. The van der Waals surface area contributed by atoms with Crippen molar-refractivity contribution in [2.45, 2.75) is 58.1 Å². The van der Waals surface area contributed by atoms with Crippen LogP contribution in [0.2, 0.25) is 0 Å². The number of hydrogen-bond donors (Lipinski definition) is 1. The second kappa shape index (κ2) is 5.51. The van der Waals surface area contributed by atoms with E-state index in [1.54, 1.807) is 6.92 Å². The van der Waals surface area contributed by atoms with Gasteiger partial charge in [0.15, 0.2) is 5.78 Å². The van der Waals surface area contributed by atoms with Gasteiger partial charge in [-0.2, -0.15) is 0 Å². The highest BCUT2D eigenvalue weighted by atomic mass is 16.6. The number of ketones is 1. The topological polar surface area (TPSA) is 55.4 Å². The Balaban J connectivity index is 2.14. The van der Waals surface area contributed by atoms with Crippen LogP contribution in [-0.2, 0) is 10.3 Å². The zero-order valence-corrected chi connectivity index (χ0v) is 13.2. The second-order valence-electron chi connectivity index (χ2n) is 6.70. The number of rotatable bonds is 3. The predicted molar refractivity (Wildman–Crippen MR) is 81.3 cm³/mol. The van der Waals surface area contributed by atoms with Gasteiger partial charge in [0.25, 0.3) is 0 Å². The lowest BCUT2D eigenvalue weighted by Gasteiger charge is -2.43. The van der Waals surface area contributed by atoms with E-state index >= 15 is 0 Å². The molecule has 0 unspecified atom stereocenters. The Morgan fingerprint density at radius 3 is 2.10 bits per heavy atom. The monoisotopic (exact) mass is 289 g/mol. The molecule has 0 spiro atoms. The molecule has 0 heterocycles. The van der Waals surface area contributed by atoms with E-state index in [1.165, 1.54) is 0 Å². The number of nitrogens with one attached hydrogen (secondary N) is 1. The highest BCUT2D eigenvalue weighted by Crippen LogP contribution is 2.41. The lowest BCUT2D eigenvalue weighted by atomic mass is 9.72. The summed E-state index contributed by atoms with van der Waals surface area (Å²) < 4.78 is 5.35. The van der Waals surface area contributed by atoms with Crippen LogP contribution in [0.3, 0.4) is 0 Å². The van der Waals surface area contributed by atoms with Crippen molar-refractivity contribution in [2.24, 2.45) is 0 Å². The van der Waals surface area contributed by atoms with Gasteiger partial charge in [0.2, 0.25) is 0 Å². The molecule has 0 radical (unpaired) electrons. The Morgan fingerprint density at radius 1 is 1.14 bits per heavy atom. The van der Waals surface area contributed by atoms with E-state index in [1.807, 2.05) is 45.0 Å². The smallest absolute Gasteiger partial charge is 0.408 e. The molecule has 4 nitrogen and oxygen atoms in total. The molecule has 1 aliphatic carbocycles. The molecular weight excluding hydrogens is 266 g/mol. The third-order valence-electron chi connectivity index (χ3n) is 3.79. The molecule has 1 aromatic carbocycles. The molecule has 2 rings (SSSR count). The van der Waals surface area contributed by atoms with Crippen LogP contribution in [0, 0.1) is 0 Å². The van der Waals surface area contributed by atoms with Gasteiger partial charge >= 0.3 is 6.09 Å². The quantitative estimate of drug-likeness (QED) is 0.861. The number of alkyl carbamates (subject to hydrolysis) is 1. The molecule has 1 aromatic rings. The lowest BCUT2D eigenvalue weighted by molar-refractivity contribution is 0.0377. The van der Waals surface area contributed by atoms with Gasteiger partial charge in [-0.3, -0.25) is 4.79 Å². The molecule has 4 heteroatoms. The van der Waals surface area contributed by atoms with Crippen molar-refractivity contribution in [3.05, 3.63) is 35.4 Å². The van der Waals surface area contributed by atoms with Crippen LogP contribution in [0.15, 0.2) is 24.3 Å². The van der Waals surface area contributed by atoms with Crippen molar-refractivity contribution in [1.82, 2.24) is 5.32 Å². The van der Waals surface area contributed by atoms with E-state index in [0.29, 0.717) is 5.56 Å². The number of carbonyl (C=O) groups is 2. The SMILES string of the molecule is CC(=O)c1ccc(C2(NC(=O)OC(C)(C)C)CCC2)cc1. The average molecular weight is 289 g/mol. The highest BCUT2D eigenvalue weighted by Gasteiger charge is 2.41. The summed E-state index contributed by atoms with van der Waals surface area (Å²) in [5, 5.41) is 3.01.